The molecule has 3 rings (SSSR count). The van der Waals surface area contributed by atoms with Gasteiger partial charge in [0.15, 0.2) is 0 Å². The molecule has 2 nitrogen and oxygen atoms in total. The molecule has 1 heterocycles. The molecule has 0 bridgehead atoms. The molecule has 4 heteroatoms. The monoisotopic (exact) mass is 307 g/mol. The van der Waals surface area contributed by atoms with Crippen molar-refractivity contribution >= 4 is 28.9 Å². The van der Waals surface area contributed by atoms with Crippen LogP contribution in [0, 0.1) is 6.92 Å². The smallest absolute Gasteiger partial charge is 0.123 e. The molecule has 1 aliphatic rings. The molecule has 1 N–H and O–H groups in total. The summed E-state index contributed by atoms with van der Waals surface area (Å²) in [6.45, 7) is 2.74. The number of halogens is 2. The third kappa shape index (κ3) is 2.87. The second-order valence-corrected chi connectivity index (χ2v) is 5.90. The van der Waals surface area contributed by atoms with Crippen LogP contribution in [0.3, 0.4) is 0 Å². The number of hydrogen-bond donors (Lipinski definition) is 1. The molecule has 104 valence electrons. The summed E-state index contributed by atoms with van der Waals surface area (Å²) in [6.07, 6.45) is 0.979. The van der Waals surface area contributed by atoms with Crippen LogP contribution in [0.15, 0.2) is 36.4 Å². The van der Waals surface area contributed by atoms with Crippen molar-refractivity contribution < 1.29 is 4.74 Å². The zero-order chi connectivity index (χ0) is 14.1. The van der Waals surface area contributed by atoms with E-state index in [1.807, 2.05) is 43.3 Å². The summed E-state index contributed by atoms with van der Waals surface area (Å²) >= 11 is 12.2. The van der Waals surface area contributed by atoms with Gasteiger partial charge in [-0.05, 0) is 48.4 Å². The number of benzene rings is 2. The van der Waals surface area contributed by atoms with E-state index in [-0.39, 0.29) is 6.10 Å². The van der Waals surface area contributed by atoms with Crippen molar-refractivity contribution in [1.82, 2.24) is 0 Å². The highest BCUT2D eigenvalue weighted by atomic mass is 35.5. The van der Waals surface area contributed by atoms with Crippen LogP contribution in [0.4, 0.5) is 5.69 Å². The first-order chi connectivity index (χ1) is 9.61. The van der Waals surface area contributed by atoms with Crippen molar-refractivity contribution in [3.05, 3.63) is 57.6 Å². The maximum atomic E-state index is 6.20. The zero-order valence-corrected chi connectivity index (χ0v) is 12.6. The van der Waals surface area contributed by atoms with Gasteiger partial charge in [-0.2, -0.15) is 0 Å². The van der Waals surface area contributed by atoms with Crippen molar-refractivity contribution in [2.75, 3.05) is 11.9 Å². The lowest BCUT2D eigenvalue weighted by Gasteiger charge is -2.14. The lowest BCUT2D eigenvalue weighted by Crippen LogP contribution is -2.24. The van der Waals surface area contributed by atoms with Crippen LogP contribution in [0.5, 0.6) is 5.75 Å². The molecule has 0 spiro atoms. The van der Waals surface area contributed by atoms with Crippen molar-refractivity contribution in [2.45, 2.75) is 19.4 Å². The third-order valence-electron chi connectivity index (χ3n) is 3.41. The largest absolute Gasteiger partial charge is 0.488 e. The minimum Gasteiger partial charge on any atom is -0.488 e. The molecular weight excluding hydrogens is 293 g/mol. The van der Waals surface area contributed by atoms with E-state index in [4.69, 9.17) is 27.9 Å². The predicted molar refractivity (Wildman–Crippen MR) is 84.3 cm³/mol. The summed E-state index contributed by atoms with van der Waals surface area (Å²) < 4.78 is 5.88. The van der Waals surface area contributed by atoms with Gasteiger partial charge in [0.05, 0.1) is 17.3 Å². The van der Waals surface area contributed by atoms with E-state index in [1.54, 1.807) is 0 Å². The highest BCUT2D eigenvalue weighted by Crippen LogP contribution is 2.31. The first kappa shape index (κ1) is 13.6. The average molecular weight is 308 g/mol. The van der Waals surface area contributed by atoms with Crippen LogP contribution in [-0.4, -0.2) is 12.6 Å². The van der Waals surface area contributed by atoms with E-state index >= 15 is 0 Å². The van der Waals surface area contributed by atoms with Crippen LogP contribution in [0.1, 0.15) is 11.1 Å². The Labute approximate surface area is 128 Å². The number of nitrogens with one attached hydrogen (secondary N) is 1. The maximum Gasteiger partial charge on any atom is 0.123 e. The van der Waals surface area contributed by atoms with Gasteiger partial charge in [-0.25, -0.2) is 0 Å². The number of ether oxygens (including phenoxy) is 1. The Morgan fingerprint density at radius 2 is 2.05 bits per heavy atom. The van der Waals surface area contributed by atoms with Crippen LogP contribution >= 0.6 is 23.2 Å². The Morgan fingerprint density at radius 3 is 2.85 bits per heavy atom. The molecule has 0 saturated carbocycles. The van der Waals surface area contributed by atoms with Gasteiger partial charge < -0.3 is 10.1 Å². The summed E-state index contributed by atoms with van der Waals surface area (Å²) in [5.41, 5.74) is 3.26. The van der Waals surface area contributed by atoms with E-state index < -0.39 is 0 Å². The van der Waals surface area contributed by atoms with Crippen molar-refractivity contribution in [3.8, 4) is 5.75 Å². The van der Waals surface area contributed by atoms with Gasteiger partial charge in [0.2, 0.25) is 0 Å². The standard InChI is InChI=1S/C16H15Cl2NO/c1-10-2-4-15(14(18)6-10)19-9-13-8-11-7-12(17)3-5-16(11)20-13/h2-7,13,19H,8-9H2,1H3. The second kappa shape index (κ2) is 5.55. The fourth-order valence-corrected chi connectivity index (χ4v) is 2.89. The molecule has 0 amide bonds. The molecule has 1 atom stereocenters. The topological polar surface area (TPSA) is 21.3 Å². The van der Waals surface area contributed by atoms with Crippen LogP contribution in [0.2, 0.25) is 10.0 Å². The number of anilines is 1. The first-order valence-electron chi connectivity index (χ1n) is 6.57. The lowest BCUT2D eigenvalue weighted by atomic mass is 10.1. The molecule has 0 fully saturated rings. The third-order valence-corrected chi connectivity index (χ3v) is 3.96. The number of hydrogen-bond acceptors (Lipinski definition) is 2. The Balaban J connectivity index is 1.63. The Bertz CT molecular complexity index is 642. The van der Waals surface area contributed by atoms with Crippen molar-refractivity contribution in [3.63, 3.8) is 0 Å². The SMILES string of the molecule is Cc1ccc(NCC2Cc3cc(Cl)ccc3O2)c(Cl)c1. The number of fused-ring (bicyclic) bond motifs is 1. The first-order valence-corrected chi connectivity index (χ1v) is 7.32. The summed E-state index contributed by atoms with van der Waals surface area (Å²) in [5.74, 6) is 0.927. The molecule has 20 heavy (non-hydrogen) atoms. The van der Waals surface area contributed by atoms with E-state index in [0.717, 1.165) is 40.0 Å². The second-order valence-electron chi connectivity index (χ2n) is 5.06. The molecular formula is C16H15Cl2NO. The Kier molecular flexibility index (Phi) is 3.77. The van der Waals surface area contributed by atoms with E-state index in [0.29, 0.717) is 0 Å². The lowest BCUT2D eigenvalue weighted by molar-refractivity contribution is 0.246. The predicted octanol–water partition coefficient (Wildman–Crippen LogP) is 4.72. The normalized spacial score (nSPS) is 16.6. The van der Waals surface area contributed by atoms with Gasteiger partial charge in [0.25, 0.3) is 0 Å². The molecule has 0 radical (unpaired) electrons. The molecule has 0 aromatic heterocycles. The van der Waals surface area contributed by atoms with Crippen LogP contribution in [0.25, 0.3) is 0 Å². The minimum atomic E-state index is 0.112. The fourth-order valence-electron chi connectivity index (χ4n) is 2.39. The van der Waals surface area contributed by atoms with Crippen molar-refractivity contribution in [2.24, 2.45) is 0 Å². The van der Waals surface area contributed by atoms with Gasteiger partial charge in [0, 0.05) is 11.4 Å². The van der Waals surface area contributed by atoms with E-state index in [2.05, 4.69) is 5.32 Å². The van der Waals surface area contributed by atoms with Gasteiger partial charge >= 0.3 is 0 Å². The summed E-state index contributed by atoms with van der Waals surface area (Å²) in [6, 6.07) is 11.7. The van der Waals surface area contributed by atoms with Gasteiger partial charge in [-0.15, -0.1) is 0 Å². The number of rotatable bonds is 3. The summed E-state index contributed by atoms with van der Waals surface area (Å²) in [4.78, 5) is 0. The highest BCUT2D eigenvalue weighted by molar-refractivity contribution is 6.33. The average Bonchev–Trinajstić information content (AvgIpc) is 2.79. The van der Waals surface area contributed by atoms with E-state index in [1.165, 1.54) is 5.56 Å². The van der Waals surface area contributed by atoms with Crippen LogP contribution in [-0.2, 0) is 6.42 Å². The van der Waals surface area contributed by atoms with Gasteiger partial charge in [0.1, 0.15) is 11.9 Å². The van der Waals surface area contributed by atoms with Gasteiger partial charge in [-0.3, -0.25) is 0 Å². The maximum absolute atomic E-state index is 6.20. The molecule has 1 unspecified atom stereocenters. The molecule has 1 aliphatic heterocycles. The van der Waals surface area contributed by atoms with Gasteiger partial charge in [-0.1, -0.05) is 29.3 Å². The number of aryl methyl sites for hydroxylation is 1. The van der Waals surface area contributed by atoms with Crippen LogP contribution < -0.4 is 10.1 Å². The van der Waals surface area contributed by atoms with Crippen molar-refractivity contribution in [1.29, 1.82) is 0 Å². The van der Waals surface area contributed by atoms with E-state index in [9.17, 15) is 0 Å². The summed E-state index contributed by atoms with van der Waals surface area (Å²) in [7, 11) is 0. The highest BCUT2D eigenvalue weighted by Gasteiger charge is 2.22. The quantitative estimate of drug-likeness (QED) is 0.886. The Hall–Kier alpha value is -1.38. The molecule has 2 aromatic carbocycles. The zero-order valence-electron chi connectivity index (χ0n) is 11.1. The Morgan fingerprint density at radius 1 is 1.20 bits per heavy atom. The fraction of sp³-hybridized carbons (Fsp3) is 0.250. The minimum absolute atomic E-state index is 0.112. The molecule has 0 aliphatic carbocycles. The molecule has 2 aromatic rings. The molecule has 0 saturated heterocycles. The summed E-state index contributed by atoms with van der Waals surface area (Å²) in [5, 5.41) is 4.83.